The molecule has 1 N–H and O–H groups in total. The maximum atomic E-state index is 11.4. The number of aliphatic carboxylic acids is 1. The van der Waals surface area contributed by atoms with Gasteiger partial charge in [-0.15, -0.1) is 0 Å². The molecule has 0 fully saturated rings. The maximum absolute atomic E-state index is 11.4. The maximum Gasteiger partial charge on any atom is 0.347 e. The van der Waals surface area contributed by atoms with Gasteiger partial charge < -0.3 is 9.84 Å². The van der Waals surface area contributed by atoms with Gasteiger partial charge in [-0.2, -0.15) is 0 Å². The SMILES string of the molecule is CCCCCCCc1cnc(-c2ccc(OC(C)(CC)C(=O)O)cc2)nc1. The highest BCUT2D eigenvalue weighted by Gasteiger charge is 2.33. The van der Waals surface area contributed by atoms with E-state index in [-0.39, 0.29) is 0 Å². The van der Waals surface area contributed by atoms with Crippen molar-refractivity contribution in [1.82, 2.24) is 9.97 Å². The number of rotatable bonds is 11. The second-order valence-corrected chi connectivity index (χ2v) is 7.10. The second-order valence-electron chi connectivity index (χ2n) is 7.10. The summed E-state index contributed by atoms with van der Waals surface area (Å²) in [5, 5.41) is 9.31. The van der Waals surface area contributed by atoms with Crippen molar-refractivity contribution in [2.24, 2.45) is 0 Å². The Morgan fingerprint density at radius 1 is 1.04 bits per heavy atom. The first-order valence-corrected chi connectivity index (χ1v) is 9.82. The molecule has 0 amide bonds. The molecule has 1 heterocycles. The van der Waals surface area contributed by atoms with Gasteiger partial charge in [-0.05, 0) is 56.0 Å². The van der Waals surface area contributed by atoms with E-state index in [0.717, 1.165) is 17.5 Å². The lowest BCUT2D eigenvalue weighted by Gasteiger charge is -2.24. The lowest BCUT2D eigenvalue weighted by molar-refractivity contribution is -0.154. The number of aromatic nitrogens is 2. The van der Waals surface area contributed by atoms with Gasteiger partial charge in [0, 0.05) is 18.0 Å². The Hall–Kier alpha value is -2.43. The zero-order valence-electron chi connectivity index (χ0n) is 16.6. The predicted octanol–water partition coefficient (Wildman–Crippen LogP) is 5.29. The van der Waals surface area contributed by atoms with Crippen LogP contribution in [0.3, 0.4) is 0 Å². The van der Waals surface area contributed by atoms with E-state index in [1.807, 2.05) is 24.5 Å². The van der Waals surface area contributed by atoms with E-state index in [1.54, 1.807) is 26.0 Å². The average molecular weight is 370 g/mol. The number of benzene rings is 1. The van der Waals surface area contributed by atoms with E-state index < -0.39 is 11.6 Å². The van der Waals surface area contributed by atoms with E-state index in [2.05, 4.69) is 16.9 Å². The van der Waals surface area contributed by atoms with Crippen molar-refractivity contribution in [3.63, 3.8) is 0 Å². The Bertz CT molecular complexity index is 713. The second kappa shape index (κ2) is 10.0. The molecule has 0 saturated carbocycles. The van der Waals surface area contributed by atoms with Gasteiger partial charge >= 0.3 is 5.97 Å². The fourth-order valence-corrected chi connectivity index (χ4v) is 2.76. The van der Waals surface area contributed by atoms with Gasteiger partial charge in [0.1, 0.15) is 5.75 Å². The fraction of sp³-hybridized carbons (Fsp3) is 0.500. The van der Waals surface area contributed by atoms with E-state index in [1.165, 1.54) is 32.1 Å². The van der Waals surface area contributed by atoms with Crippen LogP contribution in [0, 0.1) is 0 Å². The highest BCUT2D eigenvalue weighted by Crippen LogP contribution is 2.24. The van der Waals surface area contributed by atoms with Crippen molar-refractivity contribution in [1.29, 1.82) is 0 Å². The van der Waals surface area contributed by atoms with Crippen LogP contribution in [0.5, 0.6) is 5.75 Å². The number of ether oxygens (including phenoxy) is 1. The molecule has 1 aromatic carbocycles. The minimum absolute atomic E-state index is 0.382. The van der Waals surface area contributed by atoms with Gasteiger partial charge in [-0.3, -0.25) is 0 Å². The first kappa shape index (κ1) is 20.9. The van der Waals surface area contributed by atoms with Crippen LogP contribution < -0.4 is 4.74 Å². The van der Waals surface area contributed by atoms with E-state index in [9.17, 15) is 9.90 Å². The summed E-state index contributed by atoms with van der Waals surface area (Å²) in [5.41, 5.74) is 0.817. The molecule has 0 aliphatic carbocycles. The van der Waals surface area contributed by atoms with Crippen molar-refractivity contribution in [2.75, 3.05) is 0 Å². The zero-order chi connectivity index (χ0) is 19.7. The van der Waals surface area contributed by atoms with E-state index in [0.29, 0.717) is 18.0 Å². The lowest BCUT2D eigenvalue weighted by atomic mass is 10.0. The summed E-state index contributed by atoms with van der Waals surface area (Å²) < 4.78 is 5.65. The number of hydrogen-bond acceptors (Lipinski definition) is 4. The number of hydrogen-bond donors (Lipinski definition) is 1. The molecular weight excluding hydrogens is 340 g/mol. The quantitative estimate of drug-likeness (QED) is 0.544. The van der Waals surface area contributed by atoms with E-state index in [4.69, 9.17) is 4.74 Å². The molecule has 2 rings (SSSR count). The smallest absolute Gasteiger partial charge is 0.347 e. The van der Waals surface area contributed by atoms with Crippen LogP contribution in [0.25, 0.3) is 11.4 Å². The van der Waals surface area contributed by atoms with Gasteiger partial charge in [0.25, 0.3) is 0 Å². The summed E-state index contributed by atoms with van der Waals surface area (Å²) >= 11 is 0. The Morgan fingerprint density at radius 3 is 2.22 bits per heavy atom. The molecule has 0 saturated heterocycles. The number of aryl methyl sites for hydroxylation is 1. The third kappa shape index (κ3) is 6.05. The molecule has 5 nitrogen and oxygen atoms in total. The predicted molar refractivity (Wildman–Crippen MR) is 107 cm³/mol. The zero-order valence-corrected chi connectivity index (χ0v) is 16.6. The van der Waals surface area contributed by atoms with Crippen LogP contribution in [0.2, 0.25) is 0 Å². The van der Waals surface area contributed by atoms with Crippen molar-refractivity contribution in [3.8, 4) is 17.1 Å². The summed E-state index contributed by atoms with van der Waals surface area (Å²) in [6.07, 6.45) is 11.5. The molecule has 1 unspecified atom stereocenters. The Labute approximate surface area is 161 Å². The Kier molecular flexibility index (Phi) is 7.77. The molecule has 5 heteroatoms. The minimum atomic E-state index is -1.23. The Balaban J connectivity index is 1.95. The molecule has 2 aromatic rings. The molecule has 0 radical (unpaired) electrons. The summed E-state index contributed by atoms with van der Waals surface area (Å²) in [6, 6.07) is 7.23. The molecule has 0 spiro atoms. The van der Waals surface area contributed by atoms with Gasteiger partial charge in [0.2, 0.25) is 5.60 Å². The minimum Gasteiger partial charge on any atom is -0.478 e. The number of unbranched alkanes of at least 4 members (excludes halogenated alkanes) is 4. The van der Waals surface area contributed by atoms with Gasteiger partial charge in [-0.1, -0.05) is 39.5 Å². The fourth-order valence-electron chi connectivity index (χ4n) is 2.76. The topological polar surface area (TPSA) is 72.3 Å². The van der Waals surface area contributed by atoms with Gasteiger partial charge in [0.15, 0.2) is 5.82 Å². The van der Waals surface area contributed by atoms with Crippen LogP contribution >= 0.6 is 0 Å². The first-order chi connectivity index (χ1) is 13.0. The highest BCUT2D eigenvalue weighted by molar-refractivity contribution is 5.77. The third-order valence-corrected chi connectivity index (χ3v) is 4.86. The highest BCUT2D eigenvalue weighted by atomic mass is 16.5. The molecular formula is C22H30N2O3. The average Bonchev–Trinajstić information content (AvgIpc) is 2.69. The van der Waals surface area contributed by atoms with Crippen LogP contribution in [0.15, 0.2) is 36.7 Å². The molecule has 0 aliphatic rings. The molecule has 0 bridgehead atoms. The summed E-state index contributed by atoms with van der Waals surface area (Å²) in [4.78, 5) is 20.3. The number of nitrogens with zero attached hydrogens (tertiary/aromatic N) is 2. The molecule has 0 aliphatic heterocycles. The van der Waals surface area contributed by atoms with Crippen LogP contribution in [0.4, 0.5) is 0 Å². The normalized spacial score (nSPS) is 13.1. The standard InChI is InChI=1S/C22H30N2O3/c1-4-6-7-8-9-10-17-15-23-20(24-16-17)18-11-13-19(14-12-18)27-22(3,5-2)21(25)26/h11-16H,4-10H2,1-3H3,(H,25,26). The van der Waals surface area contributed by atoms with Crippen LogP contribution in [-0.4, -0.2) is 26.6 Å². The van der Waals surface area contributed by atoms with Crippen LogP contribution in [0.1, 0.15) is 64.9 Å². The largest absolute Gasteiger partial charge is 0.478 e. The number of carboxylic acids is 1. The molecule has 1 aromatic heterocycles. The van der Waals surface area contributed by atoms with Gasteiger partial charge in [-0.25, -0.2) is 14.8 Å². The first-order valence-electron chi connectivity index (χ1n) is 9.82. The monoisotopic (exact) mass is 370 g/mol. The summed E-state index contributed by atoms with van der Waals surface area (Å²) in [7, 11) is 0. The molecule has 27 heavy (non-hydrogen) atoms. The van der Waals surface area contributed by atoms with Crippen LogP contribution in [-0.2, 0) is 11.2 Å². The number of carboxylic acid groups (broad SMARTS) is 1. The van der Waals surface area contributed by atoms with Crippen molar-refractivity contribution >= 4 is 5.97 Å². The molecule has 1 atom stereocenters. The number of carbonyl (C=O) groups is 1. The van der Waals surface area contributed by atoms with Gasteiger partial charge in [0.05, 0.1) is 0 Å². The van der Waals surface area contributed by atoms with Crippen molar-refractivity contribution in [3.05, 3.63) is 42.2 Å². The summed E-state index contributed by atoms with van der Waals surface area (Å²) in [5.74, 6) is 0.213. The van der Waals surface area contributed by atoms with Crippen molar-refractivity contribution < 1.29 is 14.6 Å². The lowest BCUT2D eigenvalue weighted by Crippen LogP contribution is -2.40. The van der Waals surface area contributed by atoms with E-state index >= 15 is 0 Å². The molecule has 146 valence electrons. The third-order valence-electron chi connectivity index (χ3n) is 4.86. The van der Waals surface area contributed by atoms with Crippen molar-refractivity contribution in [2.45, 2.75) is 71.3 Å². The summed E-state index contributed by atoms with van der Waals surface area (Å²) in [6.45, 7) is 5.59. The Morgan fingerprint density at radius 2 is 1.67 bits per heavy atom.